The molecule has 0 radical (unpaired) electrons. The zero-order chi connectivity index (χ0) is 20.8. The number of aliphatic hydroxyl groups is 1. The van der Waals surface area contributed by atoms with Gasteiger partial charge in [-0.2, -0.15) is 30.7 Å². The van der Waals surface area contributed by atoms with E-state index in [0.29, 0.717) is 19.3 Å². The predicted molar refractivity (Wildman–Crippen MR) is 77.0 cm³/mol. The minimum absolute atomic E-state index is 0.000910. The van der Waals surface area contributed by atoms with E-state index in [2.05, 4.69) is 16.1 Å². The Morgan fingerprint density at radius 2 is 1.67 bits per heavy atom. The Hall–Kier alpha value is -1.36. The first-order valence-electron chi connectivity index (χ1n) is 8.25. The molecule has 1 N–H and O–H groups in total. The highest BCUT2D eigenvalue weighted by Crippen LogP contribution is 2.57. The molecule has 1 heterocycles. The van der Waals surface area contributed by atoms with Crippen LogP contribution in [0.1, 0.15) is 39.0 Å². The molecule has 1 aliphatic carbocycles. The van der Waals surface area contributed by atoms with Crippen LogP contribution in [-0.2, 0) is 14.3 Å². The van der Waals surface area contributed by atoms with Crippen molar-refractivity contribution in [2.75, 3.05) is 0 Å². The normalized spacial score (nSPS) is 34.1. The lowest BCUT2D eigenvalue weighted by molar-refractivity contribution is -0.499. The molecule has 156 valence electrons. The van der Waals surface area contributed by atoms with Crippen molar-refractivity contribution in [1.82, 2.24) is 0 Å². The van der Waals surface area contributed by atoms with Gasteiger partial charge in [-0.1, -0.05) is 25.8 Å². The van der Waals surface area contributed by atoms with Crippen LogP contribution >= 0.6 is 0 Å². The van der Waals surface area contributed by atoms with Crippen molar-refractivity contribution in [3.05, 3.63) is 12.2 Å². The lowest BCUT2D eigenvalue weighted by atomic mass is 9.78. The summed E-state index contributed by atoms with van der Waals surface area (Å²) in [5, 5.41) is 9.65. The highest BCUT2D eigenvalue weighted by Gasteiger charge is 2.84. The molecular weight excluding hydrogens is 389 g/mol. The zero-order valence-electron chi connectivity index (χ0n) is 14.3. The van der Waals surface area contributed by atoms with Gasteiger partial charge < -0.3 is 14.6 Å². The number of hydrogen-bond donors (Lipinski definition) is 1. The number of alkyl halides is 7. The predicted octanol–water partition coefficient (Wildman–Crippen LogP) is 3.97. The molecule has 27 heavy (non-hydrogen) atoms. The van der Waals surface area contributed by atoms with Crippen molar-refractivity contribution < 1.29 is 50.1 Å². The third-order valence-corrected chi connectivity index (χ3v) is 4.84. The van der Waals surface area contributed by atoms with Gasteiger partial charge in [0.2, 0.25) is 6.10 Å². The number of carbonyl (C=O) groups is 1. The molecule has 0 bridgehead atoms. The first kappa shape index (κ1) is 21.9. The summed E-state index contributed by atoms with van der Waals surface area (Å²) < 4.78 is 106. The summed E-state index contributed by atoms with van der Waals surface area (Å²) in [7, 11) is 0. The lowest BCUT2D eigenvalue weighted by Gasteiger charge is -2.51. The molecule has 0 aromatic carbocycles. The fraction of sp³-hybridized carbons (Fsp3) is 0.812. The Kier molecular flexibility index (Phi) is 5.61. The van der Waals surface area contributed by atoms with Gasteiger partial charge >= 0.3 is 29.8 Å². The van der Waals surface area contributed by atoms with Crippen LogP contribution in [0.25, 0.3) is 0 Å². The van der Waals surface area contributed by atoms with Crippen LogP contribution < -0.4 is 0 Å². The van der Waals surface area contributed by atoms with Crippen LogP contribution in [0.4, 0.5) is 30.7 Å². The molecule has 11 heteroatoms. The van der Waals surface area contributed by atoms with Gasteiger partial charge in [0.15, 0.2) is 0 Å². The minimum atomic E-state index is -6.12. The molecular formula is C16H19F7O4. The van der Waals surface area contributed by atoms with Crippen LogP contribution in [0.3, 0.4) is 0 Å². The van der Waals surface area contributed by atoms with Gasteiger partial charge in [0.1, 0.15) is 6.10 Å². The van der Waals surface area contributed by atoms with Gasteiger partial charge in [-0.25, -0.2) is 4.79 Å². The third-order valence-electron chi connectivity index (χ3n) is 4.84. The maximum Gasteiger partial charge on any atom is 0.449 e. The first-order chi connectivity index (χ1) is 12.2. The van der Waals surface area contributed by atoms with Crippen LogP contribution in [-0.4, -0.2) is 47.1 Å². The van der Waals surface area contributed by atoms with Gasteiger partial charge in [0.25, 0.3) is 0 Å². The van der Waals surface area contributed by atoms with E-state index in [1.807, 2.05) is 0 Å². The van der Waals surface area contributed by atoms with E-state index >= 15 is 0 Å². The van der Waals surface area contributed by atoms with Crippen LogP contribution in [0.5, 0.6) is 0 Å². The maximum atomic E-state index is 14.8. The Morgan fingerprint density at radius 1 is 1.15 bits per heavy atom. The highest BCUT2D eigenvalue weighted by molar-refractivity contribution is 5.87. The molecule has 3 unspecified atom stereocenters. The average Bonchev–Trinajstić information content (AvgIpc) is 2.54. The van der Waals surface area contributed by atoms with E-state index < -0.39 is 53.5 Å². The van der Waals surface area contributed by atoms with E-state index in [0.717, 1.165) is 6.92 Å². The topological polar surface area (TPSA) is 55.8 Å². The molecule has 0 aromatic rings. The maximum absolute atomic E-state index is 14.8. The summed E-state index contributed by atoms with van der Waals surface area (Å²) >= 11 is 0. The van der Waals surface area contributed by atoms with Crippen LogP contribution in [0, 0.1) is 5.92 Å². The number of hydrogen-bond acceptors (Lipinski definition) is 4. The molecule has 2 aliphatic rings. The SMILES string of the molecule is C=C(C)C(=O)OC1C(F)(F)C(C2CCCCC2)OC(O)(C(F)(F)F)C1(F)F. The van der Waals surface area contributed by atoms with Crippen molar-refractivity contribution in [3.63, 3.8) is 0 Å². The summed E-state index contributed by atoms with van der Waals surface area (Å²) in [6.45, 7) is 3.98. The summed E-state index contributed by atoms with van der Waals surface area (Å²) in [6, 6.07) is 0. The molecule has 3 atom stereocenters. The Bertz CT molecular complexity index is 598. The fourth-order valence-electron chi connectivity index (χ4n) is 3.37. The summed E-state index contributed by atoms with van der Waals surface area (Å²) in [4.78, 5) is 11.5. The first-order valence-corrected chi connectivity index (χ1v) is 8.25. The second-order valence-electron chi connectivity index (χ2n) is 6.94. The Labute approximate surface area is 150 Å². The van der Waals surface area contributed by atoms with Crippen LogP contribution in [0.15, 0.2) is 12.2 Å². The molecule has 2 rings (SSSR count). The van der Waals surface area contributed by atoms with Crippen LogP contribution in [0.2, 0.25) is 0 Å². The average molecular weight is 408 g/mol. The lowest BCUT2D eigenvalue weighted by Crippen LogP contribution is -2.77. The molecule has 4 nitrogen and oxygen atoms in total. The Balaban J connectivity index is 2.55. The summed E-state index contributed by atoms with van der Waals surface area (Å²) in [5.41, 5.74) is -0.571. The molecule has 2 fully saturated rings. The van der Waals surface area contributed by atoms with Crippen molar-refractivity contribution in [2.24, 2.45) is 5.92 Å². The second-order valence-corrected chi connectivity index (χ2v) is 6.94. The third kappa shape index (κ3) is 3.55. The van der Waals surface area contributed by atoms with E-state index in [1.165, 1.54) is 0 Å². The largest absolute Gasteiger partial charge is 0.449 e. The Morgan fingerprint density at radius 3 is 2.11 bits per heavy atom. The molecule has 1 saturated heterocycles. The second kappa shape index (κ2) is 6.91. The van der Waals surface area contributed by atoms with Crippen molar-refractivity contribution in [3.8, 4) is 0 Å². The van der Waals surface area contributed by atoms with Gasteiger partial charge in [0, 0.05) is 5.57 Å². The molecule has 1 aliphatic heterocycles. The molecule has 1 saturated carbocycles. The summed E-state index contributed by atoms with van der Waals surface area (Å²) in [5.74, 6) is -18.5. The zero-order valence-corrected chi connectivity index (χ0v) is 14.3. The van der Waals surface area contributed by atoms with E-state index in [4.69, 9.17) is 0 Å². The smallest absolute Gasteiger partial charge is 0.446 e. The molecule has 0 aromatic heterocycles. The summed E-state index contributed by atoms with van der Waals surface area (Å²) in [6.07, 6.45) is -11.3. The standard InChI is InChI=1S/C16H19F7O4/c1-8(2)11(24)26-12-13(17,18)10(9-6-4-3-5-7-9)27-15(25,14(12,19)20)16(21,22)23/h9-10,12,25H,1,3-7H2,2H3. The van der Waals surface area contributed by atoms with Crippen molar-refractivity contribution >= 4 is 5.97 Å². The molecule has 0 spiro atoms. The van der Waals surface area contributed by atoms with Gasteiger partial charge in [-0.3, -0.25) is 0 Å². The quantitative estimate of drug-likeness (QED) is 0.436. The number of carbonyl (C=O) groups excluding carboxylic acids is 1. The number of esters is 1. The number of rotatable bonds is 3. The molecule has 0 amide bonds. The highest BCUT2D eigenvalue weighted by atomic mass is 19.4. The van der Waals surface area contributed by atoms with E-state index in [-0.39, 0.29) is 12.8 Å². The van der Waals surface area contributed by atoms with E-state index in [1.54, 1.807) is 0 Å². The van der Waals surface area contributed by atoms with Crippen molar-refractivity contribution in [2.45, 2.75) is 75.0 Å². The van der Waals surface area contributed by atoms with Crippen molar-refractivity contribution in [1.29, 1.82) is 0 Å². The monoisotopic (exact) mass is 408 g/mol. The van der Waals surface area contributed by atoms with E-state index in [9.17, 15) is 40.6 Å². The van der Waals surface area contributed by atoms with Gasteiger partial charge in [-0.15, -0.1) is 0 Å². The fourth-order valence-corrected chi connectivity index (χ4v) is 3.37. The number of ether oxygens (including phenoxy) is 2. The van der Waals surface area contributed by atoms with Gasteiger partial charge in [0.05, 0.1) is 0 Å². The van der Waals surface area contributed by atoms with Gasteiger partial charge in [-0.05, 0) is 25.7 Å². The number of halogens is 7. The minimum Gasteiger partial charge on any atom is -0.446 e.